The maximum Gasteiger partial charge on any atom is 0.303 e. The topological polar surface area (TPSA) is 77.8 Å². The van der Waals surface area contributed by atoms with Gasteiger partial charge < -0.3 is 15.3 Å². The van der Waals surface area contributed by atoms with Crippen LogP contribution in [-0.4, -0.2) is 34.5 Å². The predicted molar refractivity (Wildman–Crippen MR) is 152 cm³/mol. The highest BCUT2D eigenvalue weighted by Crippen LogP contribution is 2.14. The first-order valence-corrected chi connectivity index (χ1v) is 15.6. The largest absolute Gasteiger partial charge is 0.481 e. The molecule has 212 valence electrons. The van der Waals surface area contributed by atoms with E-state index < -0.39 is 5.97 Å². The van der Waals surface area contributed by atoms with Gasteiger partial charge >= 0.3 is 5.97 Å². The van der Waals surface area contributed by atoms with Crippen LogP contribution in [0.1, 0.15) is 180 Å². The molecular weight excluding hydrogens is 436 g/mol. The Morgan fingerprint density at radius 3 is 0.857 bits per heavy atom. The van der Waals surface area contributed by atoms with Gasteiger partial charge in [-0.2, -0.15) is 0 Å². The van der Waals surface area contributed by atoms with E-state index in [4.69, 9.17) is 15.3 Å². The lowest BCUT2D eigenvalue weighted by atomic mass is 10.0. The van der Waals surface area contributed by atoms with Crippen molar-refractivity contribution in [2.75, 3.05) is 13.2 Å². The average molecular weight is 501 g/mol. The van der Waals surface area contributed by atoms with E-state index in [-0.39, 0.29) is 0 Å². The number of unbranched alkanes of at least 4 members (excludes halogenated alkanes) is 24. The molecule has 35 heavy (non-hydrogen) atoms. The Hall–Kier alpha value is -0.610. The lowest BCUT2D eigenvalue weighted by Crippen LogP contribution is -1.93. The molecule has 0 bridgehead atoms. The van der Waals surface area contributed by atoms with Crippen LogP contribution in [0.15, 0.2) is 0 Å². The number of rotatable bonds is 28. The van der Waals surface area contributed by atoms with Gasteiger partial charge in [-0.25, -0.2) is 0 Å². The number of hydrogen-bond donors (Lipinski definition) is 3. The number of carbonyl (C=O) groups is 1. The fourth-order valence-electron chi connectivity index (χ4n) is 4.46. The maximum atomic E-state index is 10.4. The summed E-state index contributed by atoms with van der Waals surface area (Å²) in [6.07, 6.45) is 34.0. The highest BCUT2D eigenvalue weighted by Gasteiger charge is 1.97. The zero-order chi connectivity index (χ0) is 26.1. The summed E-state index contributed by atoms with van der Waals surface area (Å²) < 4.78 is 0. The Balaban J connectivity index is 0. The summed E-state index contributed by atoms with van der Waals surface area (Å²) in [5, 5.41) is 25.5. The summed E-state index contributed by atoms with van der Waals surface area (Å²) in [6, 6.07) is 0. The molecule has 0 heterocycles. The molecule has 4 nitrogen and oxygen atoms in total. The fraction of sp³-hybridized carbons (Fsp3) is 0.968. The highest BCUT2D eigenvalue weighted by atomic mass is 16.4. The molecule has 0 saturated carbocycles. The van der Waals surface area contributed by atoms with Crippen LogP contribution >= 0.6 is 0 Å². The van der Waals surface area contributed by atoms with Gasteiger partial charge in [0.15, 0.2) is 0 Å². The molecule has 0 aliphatic heterocycles. The van der Waals surface area contributed by atoms with Gasteiger partial charge in [0, 0.05) is 19.6 Å². The summed E-state index contributed by atoms with van der Waals surface area (Å²) in [5.74, 6) is -0.651. The van der Waals surface area contributed by atoms with Crippen molar-refractivity contribution in [3.63, 3.8) is 0 Å². The van der Waals surface area contributed by atoms with Crippen molar-refractivity contribution in [1.29, 1.82) is 0 Å². The number of aliphatic hydroxyl groups is 2. The molecule has 0 fully saturated rings. The molecule has 0 aromatic carbocycles. The van der Waals surface area contributed by atoms with Gasteiger partial charge in [0.05, 0.1) is 0 Å². The lowest BCUT2D eigenvalue weighted by Gasteiger charge is -2.03. The summed E-state index contributed by atoms with van der Waals surface area (Å²) in [4.78, 5) is 10.4. The van der Waals surface area contributed by atoms with Crippen LogP contribution in [0, 0.1) is 0 Å². The van der Waals surface area contributed by atoms with Gasteiger partial charge in [0.1, 0.15) is 0 Å². The standard InChI is InChI=1S/C22H44O2.C9H20O2/c1-2-3-4-5-6-7-8-9-10-11-12-13-14-15-16-17-18-19-20-21-22(23)24;10-8-6-4-2-1-3-5-7-9-11/h2-21H2,1H3,(H,23,24);10-11H,1-9H2. The Kier molecular flexibility index (Phi) is 37.1. The van der Waals surface area contributed by atoms with Crippen molar-refractivity contribution in [3.8, 4) is 0 Å². The number of carboxylic acid groups (broad SMARTS) is 1. The molecule has 0 aromatic heterocycles. The minimum atomic E-state index is -0.651. The SMILES string of the molecule is CCCCCCCCCCCCCCCCCCCCCC(=O)O.OCCCCCCCCCO. The zero-order valence-electron chi connectivity index (χ0n) is 23.8. The van der Waals surface area contributed by atoms with Crippen LogP contribution in [0.2, 0.25) is 0 Å². The molecule has 0 spiro atoms. The zero-order valence-corrected chi connectivity index (χ0v) is 23.8. The monoisotopic (exact) mass is 500 g/mol. The number of aliphatic hydroxyl groups excluding tert-OH is 2. The van der Waals surface area contributed by atoms with E-state index in [0.29, 0.717) is 19.6 Å². The van der Waals surface area contributed by atoms with Crippen LogP contribution in [0.3, 0.4) is 0 Å². The average Bonchev–Trinajstić information content (AvgIpc) is 2.85. The molecule has 4 heteroatoms. The van der Waals surface area contributed by atoms with Gasteiger partial charge in [-0.15, -0.1) is 0 Å². The van der Waals surface area contributed by atoms with Crippen molar-refractivity contribution in [2.45, 2.75) is 180 Å². The van der Waals surface area contributed by atoms with E-state index >= 15 is 0 Å². The first kappa shape index (κ1) is 36.5. The minimum absolute atomic E-state index is 0.330. The first-order valence-electron chi connectivity index (χ1n) is 15.6. The summed E-state index contributed by atoms with van der Waals surface area (Å²) in [6.45, 7) is 2.94. The quantitative estimate of drug-likeness (QED) is 0.0934. The molecular formula is C31H64O4. The second kappa shape index (κ2) is 35.6. The molecule has 0 radical (unpaired) electrons. The van der Waals surface area contributed by atoms with Gasteiger partial charge in [0.2, 0.25) is 0 Å². The number of hydrogen-bond acceptors (Lipinski definition) is 3. The molecule has 0 saturated heterocycles. The van der Waals surface area contributed by atoms with Crippen molar-refractivity contribution in [1.82, 2.24) is 0 Å². The molecule has 0 atom stereocenters. The van der Waals surface area contributed by atoms with Gasteiger partial charge in [0.25, 0.3) is 0 Å². The van der Waals surface area contributed by atoms with E-state index in [1.165, 1.54) is 128 Å². The van der Waals surface area contributed by atoms with Crippen molar-refractivity contribution in [2.24, 2.45) is 0 Å². The van der Waals surface area contributed by atoms with Gasteiger partial charge in [-0.1, -0.05) is 155 Å². The van der Waals surface area contributed by atoms with Crippen LogP contribution in [-0.2, 0) is 4.79 Å². The summed E-state index contributed by atoms with van der Waals surface area (Å²) in [7, 11) is 0. The third kappa shape index (κ3) is 40.8. The van der Waals surface area contributed by atoms with Crippen molar-refractivity contribution in [3.05, 3.63) is 0 Å². The molecule has 0 aromatic rings. The summed E-state index contributed by atoms with van der Waals surface area (Å²) in [5.41, 5.74) is 0. The van der Waals surface area contributed by atoms with Gasteiger partial charge in [-0.3, -0.25) is 4.79 Å². The van der Waals surface area contributed by atoms with Crippen LogP contribution in [0.25, 0.3) is 0 Å². The normalized spacial score (nSPS) is 10.8. The van der Waals surface area contributed by atoms with Crippen molar-refractivity contribution < 1.29 is 20.1 Å². The maximum absolute atomic E-state index is 10.4. The van der Waals surface area contributed by atoms with Crippen LogP contribution in [0.5, 0.6) is 0 Å². The third-order valence-electron chi connectivity index (χ3n) is 6.81. The Bertz CT molecular complexity index is 365. The lowest BCUT2D eigenvalue weighted by molar-refractivity contribution is -0.137. The Morgan fingerprint density at radius 1 is 0.400 bits per heavy atom. The Labute approximate surface area is 219 Å². The molecule has 0 aliphatic rings. The first-order chi connectivity index (χ1) is 17.2. The van der Waals surface area contributed by atoms with E-state index in [1.807, 2.05) is 0 Å². The van der Waals surface area contributed by atoms with E-state index in [1.54, 1.807) is 0 Å². The second-order valence-electron chi connectivity index (χ2n) is 10.4. The van der Waals surface area contributed by atoms with Crippen LogP contribution in [0.4, 0.5) is 0 Å². The van der Waals surface area contributed by atoms with Gasteiger partial charge in [-0.05, 0) is 19.3 Å². The third-order valence-corrected chi connectivity index (χ3v) is 6.81. The summed E-state index contributed by atoms with van der Waals surface area (Å²) >= 11 is 0. The number of carboxylic acids is 1. The van der Waals surface area contributed by atoms with Crippen molar-refractivity contribution >= 4 is 5.97 Å². The fourth-order valence-corrected chi connectivity index (χ4v) is 4.46. The smallest absolute Gasteiger partial charge is 0.303 e. The second-order valence-corrected chi connectivity index (χ2v) is 10.4. The predicted octanol–water partition coefficient (Wildman–Crippen LogP) is 9.59. The molecule has 0 unspecified atom stereocenters. The van der Waals surface area contributed by atoms with Crippen LogP contribution < -0.4 is 0 Å². The number of aliphatic carboxylic acids is 1. The Morgan fingerprint density at radius 2 is 0.629 bits per heavy atom. The van der Waals surface area contributed by atoms with E-state index in [0.717, 1.165) is 38.5 Å². The highest BCUT2D eigenvalue weighted by molar-refractivity contribution is 5.66. The van der Waals surface area contributed by atoms with E-state index in [9.17, 15) is 4.79 Å². The molecule has 3 N–H and O–H groups in total. The minimum Gasteiger partial charge on any atom is -0.481 e. The van der Waals surface area contributed by atoms with E-state index in [2.05, 4.69) is 6.92 Å². The molecule has 0 amide bonds. The molecule has 0 rings (SSSR count). The molecule has 0 aliphatic carbocycles.